The number of aliphatic hydroxyl groups excluding tert-OH is 1. The molecule has 18 heavy (non-hydrogen) atoms. The van der Waals surface area contributed by atoms with Gasteiger partial charge in [-0.05, 0) is 31.4 Å². The largest absolute Gasteiger partial charge is 0.391 e. The van der Waals surface area contributed by atoms with Crippen molar-refractivity contribution in [2.75, 3.05) is 11.4 Å². The Kier molecular flexibility index (Phi) is 3.81. The third-order valence-corrected chi connectivity index (χ3v) is 3.21. The Labute approximate surface area is 106 Å². The molecule has 0 saturated heterocycles. The first-order valence-corrected chi connectivity index (χ1v) is 6.32. The van der Waals surface area contributed by atoms with Crippen molar-refractivity contribution >= 4 is 11.4 Å². The Morgan fingerprint density at radius 2 is 2.22 bits per heavy atom. The summed E-state index contributed by atoms with van der Waals surface area (Å²) in [5.41, 5.74) is 1.36. The molecule has 1 fully saturated rings. The number of benzene rings is 1. The zero-order valence-electron chi connectivity index (χ0n) is 10.5. The van der Waals surface area contributed by atoms with Crippen LogP contribution >= 0.6 is 0 Å². The van der Waals surface area contributed by atoms with E-state index >= 15 is 0 Å². The van der Waals surface area contributed by atoms with E-state index in [1.54, 1.807) is 12.1 Å². The molecule has 1 aliphatic rings. The van der Waals surface area contributed by atoms with E-state index < -0.39 is 4.92 Å². The maximum Gasteiger partial charge on any atom is 0.275 e. The third-order valence-electron chi connectivity index (χ3n) is 3.21. The van der Waals surface area contributed by atoms with E-state index in [4.69, 9.17) is 0 Å². The molecule has 0 radical (unpaired) electrons. The number of nitro benzene ring substituents is 1. The topological polar surface area (TPSA) is 66.6 Å². The lowest BCUT2D eigenvalue weighted by Gasteiger charge is -2.24. The predicted octanol–water partition coefficient (Wildman–Crippen LogP) is 2.47. The molecule has 1 aromatic rings. The molecule has 0 amide bonds. The summed E-state index contributed by atoms with van der Waals surface area (Å²) < 4.78 is 0. The minimum absolute atomic E-state index is 0.00602. The van der Waals surface area contributed by atoms with Crippen molar-refractivity contribution in [1.29, 1.82) is 0 Å². The van der Waals surface area contributed by atoms with Crippen LogP contribution in [0.15, 0.2) is 18.2 Å². The molecular weight excluding hydrogens is 232 g/mol. The van der Waals surface area contributed by atoms with E-state index in [-0.39, 0.29) is 12.3 Å². The zero-order chi connectivity index (χ0) is 13.1. The lowest BCUT2D eigenvalue weighted by atomic mass is 10.1. The summed E-state index contributed by atoms with van der Waals surface area (Å²) in [6.07, 6.45) is 3.42. The molecule has 1 N–H and O–H groups in total. The van der Waals surface area contributed by atoms with E-state index in [1.165, 1.54) is 18.9 Å². The van der Waals surface area contributed by atoms with Crippen LogP contribution in [0, 0.1) is 10.1 Å². The van der Waals surface area contributed by atoms with Crippen molar-refractivity contribution in [2.24, 2.45) is 0 Å². The second kappa shape index (κ2) is 5.35. The number of rotatable bonds is 6. The van der Waals surface area contributed by atoms with Crippen LogP contribution in [0.1, 0.15) is 31.7 Å². The first-order valence-electron chi connectivity index (χ1n) is 6.32. The smallest absolute Gasteiger partial charge is 0.275 e. The van der Waals surface area contributed by atoms with Gasteiger partial charge in [0, 0.05) is 24.3 Å². The molecule has 1 saturated carbocycles. The Bertz CT molecular complexity index is 444. The van der Waals surface area contributed by atoms with Gasteiger partial charge in [-0.25, -0.2) is 0 Å². The summed E-state index contributed by atoms with van der Waals surface area (Å²) in [6, 6.07) is 5.58. The van der Waals surface area contributed by atoms with Crippen LogP contribution in [0.4, 0.5) is 11.4 Å². The van der Waals surface area contributed by atoms with Gasteiger partial charge in [0.05, 0.1) is 17.1 Å². The fourth-order valence-electron chi connectivity index (χ4n) is 2.20. The van der Waals surface area contributed by atoms with Gasteiger partial charge in [0.1, 0.15) is 0 Å². The summed E-state index contributed by atoms with van der Waals surface area (Å²) in [4.78, 5) is 12.6. The molecule has 2 rings (SSSR count). The van der Waals surface area contributed by atoms with Gasteiger partial charge < -0.3 is 10.0 Å². The highest BCUT2D eigenvalue weighted by atomic mass is 16.6. The van der Waals surface area contributed by atoms with Crippen LogP contribution in [0.5, 0.6) is 0 Å². The molecule has 5 nitrogen and oxygen atoms in total. The average Bonchev–Trinajstić information content (AvgIpc) is 3.19. The van der Waals surface area contributed by atoms with Gasteiger partial charge in [-0.15, -0.1) is 0 Å². The van der Waals surface area contributed by atoms with Gasteiger partial charge in [0.25, 0.3) is 5.69 Å². The van der Waals surface area contributed by atoms with Crippen molar-refractivity contribution in [3.05, 3.63) is 33.9 Å². The summed E-state index contributed by atoms with van der Waals surface area (Å²) >= 11 is 0. The number of aliphatic hydroxyl groups is 1. The summed E-state index contributed by atoms with van der Waals surface area (Å²) in [6.45, 7) is 2.77. The van der Waals surface area contributed by atoms with Gasteiger partial charge >= 0.3 is 0 Å². The normalized spacial score (nSPS) is 14.6. The van der Waals surface area contributed by atoms with Crippen LogP contribution in [-0.2, 0) is 6.61 Å². The Morgan fingerprint density at radius 3 is 2.72 bits per heavy atom. The summed E-state index contributed by atoms with van der Waals surface area (Å²) in [7, 11) is 0. The molecule has 0 bridgehead atoms. The van der Waals surface area contributed by atoms with Gasteiger partial charge in [0.15, 0.2) is 0 Å². The Balaban J connectivity index is 2.30. The Morgan fingerprint density at radius 1 is 1.50 bits per heavy atom. The predicted molar refractivity (Wildman–Crippen MR) is 69.7 cm³/mol. The van der Waals surface area contributed by atoms with Gasteiger partial charge in [-0.3, -0.25) is 10.1 Å². The quantitative estimate of drug-likeness (QED) is 0.622. The second-order valence-corrected chi connectivity index (χ2v) is 4.65. The molecule has 0 unspecified atom stereocenters. The molecule has 98 valence electrons. The maximum atomic E-state index is 10.8. The fourth-order valence-corrected chi connectivity index (χ4v) is 2.20. The number of anilines is 1. The first-order chi connectivity index (χ1) is 8.67. The zero-order valence-corrected chi connectivity index (χ0v) is 10.5. The maximum absolute atomic E-state index is 10.8. The molecule has 0 aromatic heterocycles. The van der Waals surface area contributed by atoms with Crippen molar-refractivity contribution in [1.82, 2.24) is 0 Å². The van der Waals surface area contributed by atoms with Crippen molar-refractivity contribution in [3.8, 4) is 0 Å². The van der Waals surface area contributed by atoms with Crippen molar-refractivity contribution in [2.45, 2.75) is 38.8 Å². The minimum atomic E-state index is -0.448. The van der Waals surface area contributed by atoms with Crippen LogP contribution < -0.4 is 4.90 Å². The van der Waals surface area contributed by atoms with Gasteiger partial charge in [0.2, 0.25) is 0 Å². The highest BCUT2D eigenvalue weighted by molar-refractivity contribution is 5.56. The minimum Gasteiger partial charge on any atom is -0.391 e. The van der Waals surface area contributed by atoms with Gasteiger partial charge in [-0.1, -0.05) is 6.92 Å². The molecule has 0 heterocycles. The molecular formula is C13H18N2O3. The van der Waals surface area contributed by atoms with E-state index in [0.29, 0.717) is 11.6 Å². The monoisotopic (exact) mass is 250 g/mol. The van der Waals surface area contributed by atoms with E-state index in [1.807, 2.05) is 0 Å². The van der Waals surface area contributed by atoms with Crippen LogP contribution in [0.25, 0.3) is 0 Å². The molecule has 0 spiro atoms. The summed E-state index contributed by atoms with van der Waals surface area (Å²) in [5.74, 6) is 0. The van der Waals surface area contributed by atoms with Crippen LogP contribution in [0.2, 0.25) is 0 Å². The van der Waals surface area contributed by atoms with E-state index in [9.17, 15) is 15.2 Å². The number of hydrogen-bond acceptors (Lipinski definition) is 4. The van der Waals surface area contributed by atoms with Crippen molar-refractivity contribution in [3.63, 3.8) is 0 Å². The van der Waals surface area contributed by atoms with E-state index in [2.05, 4.69) is 11.8 Å². The Hall–Kier alpha value is -1.62. The number of nitrogens with zero attached hydrogens (tertiary/aromatic N) is 2. The lowest BCUT2D eigenvalue weighted by Crippen LogP contribution is -2.26. The standard InChI is InChI=1S/C13H18N2O3/c1-2-7-14(11-3-4-11)12-5-6-13(15(17)18)10(8-12)9-16/h5-6,8,11,16H,2-4,7,9H2,1H3. The number of hydrogen-bond donors (Lipinski definition) is 1. The highest BCUT2D eigenvalue weighted by Gasteiger charge is 2.29. The van der Waals surface area contributed by atoms with Crippen molar-refractivity contribution < 1.29 is 10.0 Å². The molecule has 0 atom stereocenters. The SMILES string of the molecule is CCCN(c1ccc([N+](=O)[O-])c(CO)c1)C1CC1. The molecule has 5 heteroatoms. The summed E-state index contributed by atoms with van der Waals surface area (Å²) in [5, 5.41) is 20.0. The highest BCUT2D eigenvalue weighted by Crippen LogP contribution is 2.34. The third kappa shape index (κ3) is 2.61. The first kappa shape index (κ1) is 12.8. The molecule has 0 aliphatic heterocycles. The fraction of sp³-hybridized carbons (Fsp3) is 0.538. The van der Waals surface area contributed by atoms with Gasteiger partial charge in [-0.2, -0.15) is 0 Å². The molecule has 1 aliphatic carbocycles. The van der Waals surface area contributed by atoms with Crippen LogP contribution in [0.3, 0.4) is 0 Å². The number of nitro groups is 1. The lowest BCUT2D eigenvalue weighted by molar-refractivity contribution is -0.385. The molecule has 1 aromatic carbocycles. The van der Waals surface area contributed by atoms with E-state index in [0.717, 1.165) is 18.7 Å². The van der Waals surface area contributed by atoms with Crippen LogP contribution in [-0.4, -0.2) is 22.6 Å². The second-order valence-electron chi connectivity index (χ2n) is 4.65. The average molecular weight is 250 g/mol.